The van der Waals surface area contributed by atoms with Gasteiger partial charge in [0.15, 0.2) is 0 Å². The molecule has 0 fully saturated rings. The largest absolute Gasteiger partial charge is 1.00 e. The van der Waals surface area contributed by atoms with Gasteiger partial charge in [-0.15, -0.1) is 0 Å². The number of ether oxygens (including phenoxy) is 1. The fourth-order valence-corrected chi connectivity index (χ4v) is 3.61. The third kappa shape index (κ3) is 20.9. The zero-order chi connectivity index (χ0) is 17.4. The van der Waals surface area contributed by atoms with Crippen molar-refractivity contribution in [2.24, 2.45) is 0 Å². The Hall–Kier alpha value is 0.870. The van der Waals surface area contributed by atoms with E-state index in [2.05, 4.69) is 6.92 Å². The van der Waals surface area contributed by atoms with E-state index in [0.29, 0.717) is 13.0 Å². The summed E-state index contributed by atoms with van der Waals surface area (Å²) in [5.41, 5.74) is 0. The van der Waals surface area contributed by atoms with Gasteiger partial charge in [0.1, 0.15) is 0 Å². The molecule has 4 nitrogen and oxygen atoms in total. The smallest absolute Gasteiger partial charge is 0.748 e. The van der Waals surface area contributed by atoms with Crippen LogP contribution in [0.5, 0.6) is 0 Å². The Balaban J connectivity index is 0. The Morgan fingerprint density at radius 1 is 0.792 bits per heavy atom. The molecule has 0 aliphatic rings. The van der Waals surface area contributed by atoms with Gasteiger partial charge in [-0.3, -0.25) is 0 Å². The molecule has 140 valence electrons. The third-order valence-electron chi connectivity index (χ3n) is 4.17. The van der Waals surface area contributed by atoms with Crippen LogP contribution in [0.2, 0.25) is 0 Å². The molecule has 0 amide bonds. The van der Waals surface area contributed by atoms with Crippen molar-refractivity contribution in [3.05, 3.63) is 0 Å². The molecule has 0 rings (SSSR count). The van der Waals surface area contributed by atoms with Crippen molar-refractivity contribution < 1.29 is 47.3 Å². The zero-order valence-corrected chi connectivity index (χ0v) is 19.0. The van der Waals surface area contributed by atoms with Gasteiger partial charge in [0.05, 0.1) is 22.0 Å². The predicted octanol–water partition coefficient (Wildman–Crippen LogP) is 2.03. The van der Waals surface area contributed by atoms with Crippen molar-refractivity contribution >= 4 is 10.1 Å². The summed E-state index contributed by atoms with van der Waals surface area (Å²) in [6.45, 7) is 4.53. The molecular formula is C18H37NaO4S. The number of unbranched alkanes of at least 4 members (excludes halogenated alkanes) is 11. The van der Waals surface area contributed by atoms with Gasteiger partial charge in [0.2, 0.25) is 0 Å². The van der Waals surface area contributed by atoms with Gasteiger partial charge in [0, 0.05) is 6.61 Å². The van der Waals surface area contributed by atoms with Crippen molar-refractivity contribution in [2.75, 3.05) is 12.4 Å². The van der Waals surface area contributed by atoms with Crippen LogP contribution < -0.4 is 29.6 Å². The van der Waals surface area contributed by atoms with Gasteiger partial charge < -0.3 is 9.29 Å². The van der Waals surface area contributed by atoms with Gasteiger partial charge in [-0.1, -0.05) is 84.0 Å². The minimum absolute atomic E-state index is 0. The monoisotopic (exact) mass is 372 g/mol. The van der Waals surface area contributed by atoms with Crippen LogP contribution in [-0.4, -0.2) is 31.4 Å². The minimum Gasteiger partial charge on any atom is -0.748 e. The summed E-state index contributed by atoms with van der Waals surface area (Å²) in [6.07, 6.45) is 15.6. The van der Waals surface area contributed by atoms with E-state index in [9.17, 15) is 13.0 Å². The molecule has 0 radical (unpaired) electrons. The van der Waals surface area contributed by atoms with Crippen LogP contribution in [0, 0.1) is 0 Å². The Morgan fingerprint density at radius 3 is 1.58 bits per heavy atom. The second-order valence-corrected chi connectivity index (χ2v) is 7.93. The molecule has 24 heavy (non-hydrogen) atoms. The van der Waals surface area contributed by atoms with Gasteiger partial charge in [-0.25, -0.2) is 8.42 Å². The van der Waals surface area contributed by atoms with Crippen LogP contribution in [0.25, 0.3) is 0 Å². The van der Waals surface area contributed by atoms with Crippen molar-refractivity contribution in [1.29, 1.82) is 0 Å². The van der Waals surface area contributed by atoms with E-state index < -0.39 is 22.0 Å². The average molecular weight is 373 g/mol. The summed E-state index contributed by atoms with van der Waals surface area (Å²) < 4.78 is 37.7. The van der Waals surface area contributed by atoms with Crippen LogP contribution >= 0.6 is 0 Å². The maximum absolute atomic E-state index is 10.8. The molecule has 0 N–H and O–H groups in total. The van der Waals surface area contributed by atoms with Crippen LogP contribution in [0.15, 0.2) is 0 Å². The van der Waals surface area contributed by atoms with Gasteiger partial charge >= 0.3 is 29.6 Å². The van der Waals surface area contributed by atoms with Crippen molar-refractivity contribution in [1.82, 2.24) is 0 Å². The fraction of sp³-hybridized carbons (Fsp3) is 1.00. The van der Waals surface area contributed by atoms with E-state index in [1.54, 1.807) is 0 Å². The molecule has 0 heterocycles. The molecular weight excluding hydrogens is 335 g/mol. The summed E-state index contributed by atoms with van der Waals surface area (Å²) in [4.78, 5) is 0. The standard InChI is InChI=1S/C18H38O4S.Na/c1-3-5-6-7-8-9-10-11-12-13-14-15-16-18(22-4-2)17-23(19,20)21;/h18H,3-17H2,1-2H3,(H,19,20,21);/q;+1/p-1. The van der Waals surface area contributed by atoms with Gasteiger partial charge in [0.25, 0.3) is 0 Å². The molecule has 0 saturated heterocycles. The first-order valence-electron chi connectivity index (χ1n) is 9.54. The second-order valence-electron chi connectivity index (χ2n) is 6.48. The number of rotatable bonds is 17. The van der Waals surface area contributed by atoms with Crippen molar-refractivity contribution in [3.8, 4) is 0 Å². The van der Waals surface area contributed by atoms with Crippen molar-refractivity contribution in [3.63, 3.8) is 0 Å². The molecule has 0 aliphatic carbocycles. The molecule has 0 aromatic carbocycles. The van der Waals surface area contributed by atoms with E-state index in [0.717, 1.165) is 12.8 Å². The maximum atomic E-state index is 10.8. The molecule has 6 heteroatoms. The third-order valence-corrected chi connectivity index (χ3v) is 4.95. The first kappa shape index (κ1) is 27.1. The Kier molecular flexibility index (Phi) is 21.1. The Morgan fingerprint density at radius 2 is 1.21 bits per heavy atom. The summed E-state index contributed by atoms with van der Waals surface area (Å²) in [7, 11) is -4.19. The van der Waals surface area contributed by atoms with E-state index in [4.69, 9.17) is 4.74 Å². The Bertz CT molecular complexity index is 347. The quantitative estimate of drug-likeness (QED) is 0.223. The fourth-order valence-electron chi connectivity index (χ4n) is 2.89. The van der Waals surface area contributed by atoms with Gasteiger partial charge in [-0.05, 0) is 13.3 Å². The van der Waals surface area contributed by atoms with Crippen LogP contribution in [0.3, 0.4) is 0 Å². The van der Waals surface area contributed by atoms with Crippen LogP contribution in [-0.2, 0) is 14.9 Å². The molecule has 0 aromatic rings. The van der Waals surface area contributed by atoms with E-state index in [1.807, 2.05) is 6.92 Å². The SMILES string of the molecule is CCCCCCCCCCCCCCC(CS(=O)(=O)[O-])OCC.[Na+]. The normalized spacial score (nSPS) is 12.8. The average Bonchev–Trinajstić information content (AvgIpc) is 2.47. The summed E-state index contributed by atoms with van der Waals surface area (Å²) in [5.74, 6) is -0.390. The molecule has 0 saturated carbocycles. The minimum atomic E-state index is -4.19. The Labute approximate surface area is 172 Å². The van der Waals surface area contributed by atoms with Crippen LogP contribution in [0.1, 0.15) is 97.3 Å². The number of hydrogen-bond acceptors (Lipinski definition) is 4. The summed E-state index contributed by atoms with van der Waals surface area (Å²) in [6, 6.07) is 0. The predicted molar refractivity (Wildman–Crippen MR) is 95.7 cm³/mol. The topological polar surface area (TPSA) is 66.4 Å². The van der Waals surface area contributed by atoms with Crippen molar-refractivity contribution in [2.45, 2.75) is 103 Å². The van der Waals surface area contributed by atoms with E-state index >= 15 is 0 Å². The van der Waals surface area contributed by atoms with Gasteiger partial charge in [-0.2, -0.15) is 0 Å². The molecule has 1 atom stereocenters. The molecule has 1 unspecified atom stereocenters. The van der Waals surface area contributed by atoms with E-state index in [-0.39, 0.29) is 29.6 Å². The second kappa shape index (κ2) is 18.7. The summed E-state index contributed by atoms with van der Waals surface area (Å²) >= 11 is 0. The first-order valence-corrected chi connectivity index (χ1v) is 11.1. The molecule has 0 aliphatic heterocycles. The molecule has 0 aromatic heterocycles. The molecule has 0 bridgehead atoms. The maximum Gasteiger partial charge on any atom is 1.00 e. The van der Waals surface area contributed by atoms with Crippen LogP contribution in [0.4, 0.5) is 0 Å². The first-order chi connectivity index (χ1) is 11.0. The summed E-state index contributed by atoms with van der Waals surface area (Å²) in [5, 5.41) is 0. The van der Waals surface area contributed by atoms with E-state index in [1.165, 1.54) is 64.2 Å². The molecule has 0 spiro atoms. The number of hydrogen-bond donors (Lipinski definition) is 0. The zero-order valence-electron chi connectivity index (χ0n) is 16.2.